The van der Waals surface area contributed by atoms with Crippen LogP contribution in [0.3, 0.4) is 0 Å². The standard InChI is InChI=1S/C24H25N3O5S2/c1-9(23(30)31)27-21(28)16-12-8-13(17(16)22(27)29)18-15(12)14(19-20(33-18)25-24(32)34-19)10-4-6-11(7-5-10)26(2)3/h4-7,9,12-18H,8H2,1-3H3,(H,25,32)(H,30,31)/t9-,12-,13-,14-,15-,16+,17-,18-/m1/s1. The number of thiazole rings is 1. The highest BCUT2D eigenvalue weighted by molar-refractivity contribution is 8.00. The number of aromatic amines is 1. The highest BCUT2D eigenvalue weighted by atomic mass is 32.2. The summed E-state index contributed by atoms with van der Waals surface area (Å²) in [6.07, 6.45) is 0.788. The predicted molar refractivity (Wildman–Crippen MR) is 128 cm³/mol. The summed E-state index contributed by atoms with van der Waals surface area (Å²) in [4.78, 5) is 57.6. The number of H-pyrrole nitrogens is 1. The van der Waals surface area contributed by atoms with E-state index < -0.39 is 23.8 Å². The second-order valence-corrected chi connectivity index (χ2v) is 12.2. The minimum absolute atomic E-state index is 0.00690. The normalized spacial score (nSPS) is 34.1. The molecule has 10 heteroatoms. The quantitative estimate of drug-likeness (QED) is 0.622. The van der Waals surface area contributed by atoms with E-state index in [1.54, 1.807) is 11.8 Å². The summed E-state index contributed by atoms with van der Waals surface area (Å²) >= 11 is 2.87. The molecule has 6 rings (SSSR count). The number of thioether (sulfide) groups is 1. The van der Waals surface area contributed by atoms with Gasteiger partial charge in [0.1, 0.15) is 6.04 Å². The number of nitrogens with one attached hydrogen (secondary N) is 1. The molecule has 1 saturated heterocycles. The number of aliphatic carboxylic acids is 1. The van der Waals surface area contributed by atoms with Crippen molar-refractivity contribution < 1.29 is 19.5 Å². The van der Waals surface area contributed by atoms with Crippen LogP contribution in [0.4, 0.5) is 5.69 Å². The van der Waals surface area contributed by atoms with Gasteiger partial charge in [-0.2, -0.15) is 0 Å². The molecule has 1 aromatic heterocycles. The van der Waals surface area contributed by atoms with E-state index >= 15 is 0 Å². The number of carbonyl (C=O) groups is 3. The van der Waals surface area contributed by atoms with Gasteiger partial charge in [-0.1, -0.05) is 23.5 Å². The minimum atomic E-state index is -1.17. The number of nitrogens with zero attached hydrogens (tertiary/aromatic N) is 2. The van der Waals surface area contributed by atoms with E-state index in [-0.39, 0.29) is 45.6 Å². The van der Waals surface area contributed by atoms with Crippen LogP contribution in [0.25, 0.3) is 0 Å². The third-order valence-electron chi connectivity index (χ3n) is 8.27. The molecule has 2 amide bonds. The average molecular weight is 500 g/mol. The van der Waals surface area contributed by atoms with Crippen LogP contribution in [0.15, 0.2) is 34.1 Å². The lowest BCUT2D eigenvalue weighted by atomic mass is 9.68. The summed E-state index contributed by atoms with van der Waals surface area (Å²) in [5.41, 5.74) is 2.19. The number of amides is 2. The van der Waals surface area contributed by atoms with Gasteiger partial charge in [0, 0.05) is 35.8 Å². The Balaban J connectivity index is 1.43. The molecule has 0 radical (unpaired) electrons. The lowest BCUT2D eigenvalue weighted by Gasteiger charge is -2.43. The van der Waals surface area contributed by atoms with Gasteiger partial charge in [0.15, 0.2) is 0 Å². The van der Waals surface area contributed by atoms with Gasteiger partial charge in [-0.25, -0.2) is 4.79 Å². The summed E-state index contributed by atoms with van der Waals surface area (Å²) < 4.78 is 0. The topological polar surface area (TPSA) is 111 Å². The highest BCUT2D eigenvalue weighted by Gasteiger charge is 2.70. The molecule has 2 N–H and O–H groups in total. The number of benzene rings is 1. The maximum atomic E-state index is 13.4. The molecule has 0 spiro atoms. The monoisotopic (exact) mass is 499 g/mol. The molecule has 8 nitrogen and oxygen atoms in total. The number of hydrogen-bond donors (Lipinski definition) is 2. The van der Waals surface area contributed by atoms with Crippen LogP contribution in [-0.2, 0) is 14.4 Å². The zero-order chi connectivity index (χ0) is 24.0. The van der Waals surface area contributed by atoms with Crippen LogP contribution in [0.1, 0.15) is 29.7 Å². The number of aromatic nitrogens is 1. The highest BCUT2D eigenvalue weighted by Crippen LogP contribution is 2.68. The maximum absolute atomic E-state index is 13.4. The molecule has 2 saturated carbocycles. The van der Waals surface area contributed by atoms with E-state index in [1.807, 2.05) is 19.0 Å². The number of carboxylic acid groups (broad SMARTS) is 1. The fourth-order valence-corrected chi connectivity index (χ4v) is 9.77. The first-order valence-corrected chi connectivity index (χ1v) is 13.1. The molecule has 4 aliphatic rings. The molecule has 3 heterocycles. The molecule has 3 fully saturated rings. The van der Waals surface area contributed by atoms with E-state index in [2.05, 4.69) is 29.2 Å². The van der Waals surface area contributed by atoms with Crippen molar-refractivity contribution in [3.63, 3.8) is 0 Å². The van der Waals surface area contributed by atoms with E-state index in [1.165, 1.54) is 18.3 Å². The number of imide groups is 1. The number of fused-ring (bicyclic) bond motifs is 9. The van der Waals surface area contributed by atoms with Gasteiger partial charge in [0.25, 0.3) is 0 Å². The van der Waals surface area contributed by atoms with Crippen molar-refractivity contribution in [3.05, 3.63) is 44.4 Å². The predicted octanol–water partition coefficient (Wildman–Crippen LogP) is 2.45. The second-order valence-electron chi connectivity index (χ2n) is 10.0. The Hall–Kier alpha value is -2.59. The van der Waals surface area contributed by atoms with Gasteiger partial charge in [-0.15, -0.1) is 11.8 Å². The van der Waals surface area contributed by atoms with Crippen LogP contribution in [-0.4, -0.2) is 58.2 Å². The van der Waals surface area contributed by atoms with Gasteiger partial charge < -0.3 is 15.0 Å². The molecule has 2 aliphatic heterocycles. The molecule has 2 aromatic rings. The number of carboxylic acids is 1. The van der Waals surface area contributed by atoms with Gasteiger partial charge in [-0.3, -0.25) is 19.3 Å². The van der Waals surface area contributed by atoms with Gasteiger partial charge >= 0.3 is 10.8 Å². The maximum Gasteiger partial charge on any atom is 0.326 e. The Kier molecular flexibility index (Phi) is 4.80. The fourth-order valence-electron chi connectivity index (χ4n) is 6.89. The summed E-state index contributed by atoms with van der Waals surface area (Å²) in [5.74, 6) is -2.73. The van der Waals surface area contributed by atoms with Crippen LogP contribution < -0.4 is 9.77 Å². The van der Waals surface area contributed by atoms with E-state index in [9.17, 15) is 24.3 Å². The van der Waals surface area contributed by atoms with Gasteiger partial charge in [0.05, 0.1) is 16.9 Å². The Morgan fingerprint density at radius 1 is 1.12 bits per heavy atom. The molecule has 0 unspecified atom stereocenters. The summed E-state index contributed by atoms with van der Waals surface area (Å²) in [5, 5.41) is 10.4. The molecular weight excluding hydrogens is 474 g/mol. The van der Waals surface area contributed by atoms with Crippen molar-refractivity contribution in [2.45, 2.75) is 35.6 Å². The molecule has 8 atom stereocenters. The molecule has 2 aliphatic carbocycles. The minimum Gasteiger partial charge on any atom is -0.480 e. The van der Waals surface area contributed by atoms with Crippen LogP contribution in [0.5, 0.6) is 0 Å². The van der Waals surface area contributed by atoms with Crippen molar-refractivity contribution in [2.24, 2.45) is 29.6 Å². The van der Waals surface area contributed by atoms with Crippen molar-refractivity contribution >= 4 is 46.6 Å². The molecular formula is C24H25N3O5S2. The Labute approximate surface area is 204 Å². The zero-order valence-corrected chi connectivity index (χ0v) is 20.6. The molecule has 34 heavy (non-hydrogen) atoms. The van der Waals surface area contributed by atoms with Crippen LogP contribution >= 0.6 is 23.1 Å². The molecule has 1 aromatic carbocycles. The lowest BCUT2D eigenvalue weighted by Crippen LogP contribution is -2.44. The van der Waals surface area contributed by atoms with Crippen molar-refractivity contribution in [1.29, 1.82) is 0 Å². The van der Waals surface area contributed by atoms with Crippen molar-refractivity contribution in [2.75, 3.05) is 19.0 Å². The first-order chi connectivity index (χ1) is 16.2. The third-order valence-corrected chi connectivity index (χ3v) is 10.9. The number of hydrogen-bond acceptors (Lipinski definition) is 7. The number of rotatable bonds is 4. The number of carbonyl (C=O) groups excluding carboxylic acids is 2. The summed E-state index contributed by atoms with van der Waals surface area (Å²) in [6, 6.07) is 7.18. The van der Waals surface area contributed by atoms with E-state index in [4.69, 9.17) is 0 Å². The second kappa shape index (κ2) is 7.45. The summed E-state index contributed by atoms with van der Waals surface area (Å²) in [7, 11) is 3.97. The SMILES string of the molecule is C[C@H](C(=O)O)N1C(=O)[C@@H]2[C@H]3C[C@@H]([C@@H]2C1=O)[C@@H]1[C@@H](c2ccc(N(C)C)cc2)c2sc(=O)[nH]c2S[C@H]31. The van der Waals surface area contributed by atoms with Crippen molar-refractivity contribution in [1.82, 2.24) is 9.88 Å². The molecule has 178 valence electrons. The number of anilines is 1. The Bertz CT molecular complexity index is 1270. The first-order valence-electron chi connectivity index (χ1n) is 11.5. The largest absolute Gasteiger partial charge is 0.480 e. The smallest absolute Gasteiger partial charge is 0.326 e. The Morgan fingerprint density at radius 3 is 2.38 bits per heavy atom. The van der Waals surface area contributed by atoms with E-state index in [0.29, 0.717) is 0 Å². The molecule has 2 bridgehead atoms. The zero-order valence-electron chi connectivity index (χ0n) is 18.9. The van der Waals surface area contributed by atoms with Crippen LogP contribution in [0.2, 0.25) is 0 Å². The van der Waals surface area contributed by atoms with Gasteiger partial charge in [-0.05, 0) is 48.8 Å². The lowest BCUT2D eigenvalue weighted by molar-refractivity contribution is -0.154. The third kappa shape index (κ3) is 2.84. The Morgan fingerprint density at radius 2 is 1.76 bits per heavy atom. The summed E-state index contributed by atoms with van der Waals surface area (Å²) in [6.45, 7) is 1.40. The van der Waals surface area contributed by atoms with Gasteiger partial charge in [0.2, 0.25) is 11.8 Å². The average Bonchev–Trinajstić information content (AvgIpc) is 3.52. The van der Waals surface area contributed by atoms with Crippen molar-refractivity contribution in [3.8, 4) is 0 Å². The number of likely N-dealkylation sites (tertiary alicyclic amines) is 1. The van der Waals surface area contributed by atoms with E-state index in [0.717, 1.165) is 32.5 Å². The van der Waals surface area contributed by atoms with Crippen LogP contribution in [0, 0.1) is 29.6 Å². The fraction of sp³-hybridized carbons (Fsp3) is 0.500. The first kappa shape index (κ1) is 21.9.